The lowest BCUT2D eigenvalue weighted by atomic mass is 9.74. The Bertz CT molecular complexity index is 546. The van der Waals surface area contributed by atoms with E-state index in [0.717, 1.165) is 0 Å². The van der Waals surface area contributed by atoms with E-state index < -0.39 is 58.3 Å². The van der Waals surface area contributed by atoms with Crippen LogP contribution in [0.2, 0.25) is 0 Å². The molecule has 0 spiro atoms. The second-order valence-electron chi connectivity index (χ2n) is 4.27. The van der Waals surface area contributed by atoms with Crippen LogP contribution in [0.5, 0.6) is 0 Å². The topological polar surface area (TPSA) is 3.24 Å². The molecule has 21 heavy (non-hydrogen) atoms. The van der Waals surface area contributed by atoms with Crippen molar-refractivity contribution in [2.75, 3.05) is 0 Å². The lowest BCUT2D eigenvalue weighted by molar-refractivity contribution is -0.453. The van der Waals surface area contributed by atoms with Crippen molar-refractivity contribution < 1.29 is 48.4 Å². The lowest BCUT2D eigenvalue weighted by Crippen LogP contribution is -2.78. The maximum atomic E-state index is 14.1. The summed E-state index contributed by atoms with van der Waals surface area (Å²) in [4.78, 5) is 0. The van der Waals surface area contributed by atoms with Crippen molar-refractivity contribution in [3.8, 4) is 0 Å². The zero-order valence-corrected chi connectivity index (χ0v) is 9.26. The maximum Gasteiger partial charge on any atom is 0.434 e. The summed E-state index contributed by atoms with van der Waals surface area (Å²) >= 11 is 0. The average Bonchev–Trinajstić information content (AvgIpc) is 2.62. The molecular weight excluding hydrogens is 331 g/mol. The molecule has 2 unspecified atom stereocenters. The molecule has 0 N–H and O–H groups in total. The molecule has 0 radical (unpaired) electrons. The van der Waals surface area contributed by atoms with Crippen LogP contribution in [0.3, 0.4) is 0 Å². The van der Waals surface area contributed by atoms with Crippen LogP contribution < -0.4 is 0 Å². The minimum absolute atomic E-state index is 0.404. The van der Waals surface area contributed by atoms with Gasteiger partial charge in [0.25, 0.3) is 0 Å². The summed E-state index contributed by atoms with van der Waals surface area (Å²) in [5.41, 5.74) is -14.9. The van der Waals surface area contributed by atoms with Gasteiger partial charge in [0.15, 0.2) is 0 Å². The number of hydrogen-bond acceptors (Lipinski definition) is 1. The second-order valence-corrected chi connectivity index (χ2v) is 4.27. The molecule has 2 atom stereocenters. The van der Waals surface area contributed by atoms with Crippen LogP contribution in [0.1, 0.15) is 0 Å². The SMILES string of the molecule is FC1=CC=C2C(F)(F)N(F)C(F)(F)C(F)(C(F)(F)F)C12F. The first kappa shape index (κ1) is 16.0. The Balaban J connectivity index is 2.87. The molecule has 120 valence electrons. The molecule has 0 bridgehead atoms. The third kappa shape index (κ3) is 1.41. The molecule has 0 aromatic rings. The minimum atomic E-state index is -6.90. The summed E-state index contributed by atoms with van der Waals surface area (Å²) in [6, 6.07) is -12.4. The minimum Gasteiger partial charge on any atom is -0.227 e. The van der Waals surface area contributed by atoms with E-state index in [4.69, 9.17) is 0 Å². The summed E-state index contributed by atoms with van der Waals surface area (Å²) < 4.78 is 145. The Morgan fingerprint density at radius 2 is 1.38 bits per heavy atom. The number of fused-ring (bicyclic) bond motifs is 1. The zero-order chi connectivity index (χ0) is 16.6. The number of allylic oxidation sites excluding steroid dienone is 3. The molecule has 0 amide bonds. The van der Waals surface area contributed by atoms with Crippen LogP contribution >= 0.6 is 0 Å². The van der Waals surface area contributed by atoms with Crippen molar-refractivity contribution >= 4 is 0 Å². The van der Waals surface area contributed by atoms with Gasteiger partial charge in [0.2, 0.25) is 5.67 Å². The van der Waals surface area contributed by atoms with Crippen LogP contribution in [0.4, 0.5) is 48.4 Å². The standard InChI is InChI=1S/C9H2F11N/c10-4-2-1-3-5(4,11)7(14,8(15,16)17)9(18,19)21(20)6(3,12)13/h1-2H. The first-order valence-electron chi connectivity index (χ1n) is 4.92. The van der Waals surface area contributed by atoms with Crippen LogP contribution in [-0.4, -0.2) is 34.7 Å². The fourth-order valence-corrected chi connectivity index (χ4v) is 2.16. The van der Waals surface area contributed by atoms with Gasteiger partial charge in [-0.15, -0.1) is 4.48 Å². The lowest BCUT2D eigenvalue weighted by Gasteiger charge is -2.50. The van der Waals surface area contributed by atoms with Gasteiger partial charge in [-0.25, -0.2) is 13.2 Å². The van der Waals surface area contributed by atoms with E-state index in [9.17, 15) is 48.4 Å². The molecule has 1 heterocycles. The van der Waals surface area contributed by atoms with Gasteiger partial charge in [-0.3, -0.25) is 0 Å². The van der Waals surface area contributed by atoms with Crippen LogP contribution in [0.15, 0.2) is 23.6 Å². The highest BCUT2D eigenvalue weighted by atomic mass is 19.4. The summed E-state index contributed by atoms with van der Waals surface area (Å²) in [5.74, 6) is -2.87. The smallest absolute Gasteiger partial charge is 0.227 e. The fourth-order valence-electron chi connectivity index (χ4n) is 2.16. The van der Waals surface area contributed by atoms with Crippen molar-refractivity contribution in [3.63, 3.8) is 0 Å². The number of nitrogens with zero attached hydrogens (tertiary/aromatic N) is 1. The van der Waals surface area contributed by atoms with Gasteiger partial charge in [-0.05, 0) is 17.3 Å². The van der Waals surface area contributed by atoms with Crippen molar-refractivity contribution in [3.05, 3.63) is 23.6 Å². The van der Waals surface area contributed by atoms with Crippen molar-refractivity contribution in [1.82, 2.24) is 5.12 Å². The fraction of sp³-hybridized carbons (Fsp3) is 0.556. The predicted octanol–water partition coefficient (Wildman–Crippen LogP) is 4.14. The first-order chi connectivity index (χ1) is 9.16. The van der Waals surface area contributed by atoms with Gasteiger partial charge in [-0.2, -0.15) is 30.7 Å². The molecular formula is C9H2F11N. The number of alkyl halides is 9. The largest absolute Gasteiger partial charge is 0.434 e. The number of halogens is 11. The van der Waals surface area contributed by atoms with Gasteiger partial charge < -0.3 is 0 Å². The second kappa shape index (κ2) is 3.70. The third-order valence-electron chi connectivity index (χ3n) is 3.19. The van der Waals surface area contributed by atoms with Gasteiger partial charge in [0.1, 0.15) is 5.83 Å². The third-order valence-corrected chi connectivity index (χ3v) is 3.19. The highest BCUT2D eigenvalue weighted by Gasteiger charge is 2.93. The van der Waals surface area contributed by atoms with E-state index in [1.807, 2.05) is 0 Å². The predicted molar refractivity (Wildman–Crippen MR) is 43.8 cm³/mol. The monoisotopic (exact) mass is 333 g/mol. The van der Waals surface area contributed by atoms with E-state index >= 15 is 0 Å². The Labute approximate surface area is 108 Å². The zero-order valence-electron chi connectivity index (χ0n) is 9.26. The van der Waals surface area contributed by atoms with Crippen molar-refractivity contribution in [2.24, 2.45) is 0 Å². The molecule has 0 saturated carbocycles. The summed E-state index contributed by atoms with van der Waals surface area (Å²) in [6.45, 7) is 0. The quantitative estimate of drug-likeness (QED) is 0.366. The van der Waals surface area contributed by atoms with E-state index in [2.05, 4.69) is 0 Å². The van der Waals surface area contributed by atoms with E-state index in [-0.39, 0.29) is 0 Å². The summed E-state index contributed by atoms with van der Waals surface area (Å²) in [6.07, 6.45) is -7.73. The van der Waals surface area contributed by atoms with Gasteiger partial charge in [-0.1, -0.05) is 0 Å². The molecule has 0 aromatic heterocycles. The Hall–Kier alpha value is -1.33. The molecule has 0 aromatic carbocycles. The molecule has 12 heteroatoms. The van der Waals surface area contributed by atoms with Crippen LogP contribution in [0, 0.1) is 0 Å². The van der Waals surface area contributed by atoms with Crippen LogP contribution in [-0.2, 0) is 0 Å². The number of piperidine rings is 1. The summed E-state index contributed by atoms with van der Waals surface area (Å²) in [7, 11) is 0. The highest BCUT2D eigenvalue weighted by Crippen LogP contribution is 2.67. The van der Waals surface area contributed by atoms with Crippen LogP contribution in [0.25, 0.3) is 0 Å². The maximum absolute atomic E-state index is 14.1. The first-order valence-corrected chi connectivity index (χ1v) is 4.92. The molecule has 1 saturated heterocycles. The van der Waals surface area contributed by atoms with Gasteiger partial charge in [0.05, 0.1) is 5.57 Å². The van der Waals surface area contributed by atoms with Gasteiger partial charge >= 0.3 is 23.9 Å². The highest BCUT2D eigenvalue weighted by molar-refractivity contribution is 5.51. The summed E-state index contributed by atoms with van der Waals surface area (Å²) in [5, 5.41) is -3.07. The van der Waals surface area contributed by atoms with Gasteiger partial charge in [0, 0.05) is 0 Å². The molecule has 2 rings (SSSR count). The van der Waals surface area contributed by atoms with Crippen molar-refractivity contribution in [2.45, 2.75) is 29.6 Å². The Morgan fingerprint density at radius 1 is 0.905 bits per heavy atom. The van der Waals surface area contributed by atoms with E-state index in [1.54, 1.807) is 0 Å². The van der Waals surface area contributed by atoms with Crippen molar-refractivity contribution in [1.29, 1.82) is 0 Å². The molecule has 1 aliphatic carbocycles. The normalized spacial score (nSPS) is 38.8. The number of hydrogen-bond donors (Lipinski definition) is 0. The Kier molecular flexibility index (Phi) is 2.83. The molecule has 1 nitrogen and oxygen atoms in total. The molecule has 1 aliphatic heterocycles. The van der Waals surface area contributed by atoms with E-state index in [0.29, 0.717) is 0 Å². The van der Waals surface area contributed by atoms with E-state index in [1.165, 1.54) is 0 Å². The molecule has 2 aliphatic rings. The number of rotatable bonds is 0. The molecule has 1 fully saturated rings. The Morgan fingerprint density at radius 3 is 1.81 bits per heavy atom. The average molecular weight is 333 g/mol.